The molecule has 0 aromatic rings. The molecular weight excluding hydrogens is 174 g/mol. The number of hydrogen-bond donors (Lipinski definition) is 1. The fourth-order valence-corrected chi connectivity index (χ4v) is 1.25. The monoisotopic (exact) mass is 201 g/mol. The zero-order valence-corrected chi connectivity index (χ0v) is 10.7. The van der Waals surface area contributed by atoms with Crippen LogP contribution in [0.5, 0.6) is 0 Å². The summed E-state index contributed by atoms with van der Waals surface area (Å²) in [5.41, 5.74) is -0.0567. The third-order valence-corrected chi connectivity index (χ3v) is 2.42. The van der Waals surface area contributed by atoms with Crippen LogP contribution in [0.15, 0.2) is 0 Å². The maximum atomic E-state index is 5.98. The van der Waals surface area contributed by atoms with Gasteiger partial charge in [0.1, 0.15) is 0 Å². The third-order valence-electron chi connectivity index (χ3n) is 2.42. The summed E-state index contributed by atoms with van der Waals surface area (Å²) < 4.78 is 5.98. The van der Waals surface area contributed by atoms with Gasteiger partial charge in [0.05, 0.1) is 11.7 Å². The Hall–Kier alpha value is -0.0800. The highest BCUT2D eigenvalue weighted by Gasteiger charge is 2.22. The quantitative estimate of drug-likeness (QED) is 0.640. The number of hydrogen-bond acceptors (Lipinski definition) is 2. The molecule has 86 valence electrons. The van der Waals surface area contributed by atoms with Crippen LogP contribution in [0, 0.1) is 5.92 Å². The van der Waals surface area contributed by atoms with Crippen LogP contribution in [0.2, 0.25) is 0 Å². The Morgan fingerprint density at radius 3 is 2.21 bits per heavy atom. The molecule has 0 heterocycles. The van der Waals surface area contributed by atoms with E-state index in [0.29, 0.717) is 12.0 Å². The van der Waals surface area contributed by atoms with Gasteiger partial charge in [-0.1, -0.05) is 20.8 Å². The first-order valence-electron chi connectivity index (χ1n) is 5.77. The van der Waals surface area contributed by atoms with Crippen LogP contribution >= 0.6 is 0 Å². The maximum Gasteiger partial charge on any atom is 0.0754 e. The van der Waals surface area contributed by atoms with E-state index in [2.05, 4.69) is 46.9 Å². The van der Waals surface area contributed by atoms with Gasteiger partial charge >= 0.3 is 0 Å². The molecule has 0 aliphatic rings. The first-order chi connectivity index (χ1) is 6.39. The highest BCUT2D eigenvalue weighted by molar-refractivity contribution is 4.74. The Balaban J connectivity index is 3.81. The smallest absolute Gasteiger partial charge is 0.0754 e. The summed E-state index contributed by atoms with van der Waals surface area (Å²) in [6.07, 6.45) is 1.50. The summed E-state index contributed by atoms with van der Waals surface area (Å²) in [4.78, 5) is 0. The summed E-state index contributed by atoms with van der Waals surface area (Å²) >= 11 is 0. The van der Waals surface area contributed by atoms with Crippen molar-refractivity contribution in [3.05, 3.63) is 0 Å². The van der Waals surface area contributed by atoms with Gasteiger partial charge < -0.3 is 10.1 Å². The summed E-state index contributed by atoms with van der Waals surface area (Å²) in [5.74, 6) is 0.584. The molecular formula is C12H27NO. The summed E-state index contributed by atoms with van der Waals surface area (Å²) in [7, 11) is 0. The summed E-state index contributed by atoms with van der Waals surface area (Å²) in [5, 5.41) is 3.39. The normalized spacial score (nSPS) is 14.8. The van der Waals surface area contributed by atoms with Crippen molar-refractivity contribution in [3.63, 3.8) is 0 Å². The van der Waals surface area contributed by atoms with E-state index in [9.17, 15) is 0 Å². The molecule has 2 nitrogen and oxygen atoms in total. The van der Waals surface area contributed by atoms with Gasteiger partial charge in [-0.25, -0.2) is 0 Å². The van der Waals surface area contributed by atoms with Crippen LogP contribution < -0.4 is 5.32 Å². The lowest BCUT2D eigenvalue weighted by molar-refractivity contribution is -0.0793. The number of nitrogens with one attached hydrogen (secondary N) is 1. The molecule has 0 aromatic carbocycles. The molecule has 0 aliphatic carbocycles. The Labute approximate surface area is 89.4 Å². The van der Waals surface area contributed by atoms with Gasteiger partial charge in [-0.05, 0) is 39.7 Å². The van der Waals surface area contributed by atoms with Gasteiger partial charge in [0.2, 0.25) is 0 Å². The van der Waals surface area contributed by atoms with Crippen molar-refractivity contribution in [2.75, 3.05) is 13.1 Å². The van der Waals surface area contributed by atoms with Crippen LogP contribution in [-0.4, -0.2) is 24.8 Å². The van der Waals surface area contributed by atoms with E-state index < -0.39 is 0 Å². The Bertz CT molecular complexity index is 143. The summed E-state index contributed by atoms with van der Waals surface area (Å²) in [6.45, 7) is 15.0. The predicted molar refractivity (Wildman–Crippen MR) is 62.6 cm³/mol. The van der Waals surface area contributed by atoms with Crippen molar-refractivity contribution >= 4 is 0 Å². The molecule has 0 amide bonds. The van der Waals surface area contributed by atoms with Crippen molar-refractivity contribution in [2.24, 2.45) is 5.92 Å². The molecule has 0 saturated carbocycles. The lowest BCUT2D eigenvalue weighted by Crippen LogP contribution is -2.41. The van der Waals surface area contributed by atoms with E-state index in [0.717, 1.165) is 13.1 Å². The lowest BCUT2D eigenvalue weighted by Gasteiger charge is -2.31. The lowest BCUT2D eigenvalue weighted by atomic mass is 10.1. The van der Waals surface area contributed by atoms with Crippen LogP contribution in [0.4, 0.5) is 0 Å². The molecule has 1 unspecified atom stereocenters. The fraction of sp³-hybridized carbons (Fsp3) is 1.00. The highest BCUT2D eigenvalue weighted by Crippen LogP contribution is 2.16. The summed E-state index contributed by atoms with van der Waals surface area (Å²) in [6, 6.07) is 0. The molecule has 1 atom stereocenters. The van der Waals surface area contributed by atoms with Crippen molar-refractivity contribution in [3.8, 4) is 0 Å². The van der Waals surface area contributed by atoms with Gasteiger partial charge in [0.15, 0.2) is 0 Å². The molecule has 0 spiro atoms. The highest BCUT2D eigenvalue weighted by atomic mass is 16.5. The first-order valence-corrected chi connectivity index (χ1v) is 5.77. The van der Waals surface area contributed by atoms with Crippen molar-refractivity contribution in [1.29, 1.82) is 0 Å². The topological polar surface area (TPSA) is 21.3 Å². The first kappa shape index (κ1) is 13.9. The molecule has 0 saturated heterocycles. The average Bonchev–Trinajstić information content (AvgIpc) is 2.03. The molecule has 0 bridgehead atoms. The van der Waals surface area contributed by atoms with Crippen molar-refractivity contribution in [2.45, 2.75) is 59.7 Å². The van der Waals surface area contributed by atoms with E-state index in [1.54, 1.807) is 0 Å². The van der Waals surface area contributed by atoms with E-state index in [-0.39, 0.29) is 5.60 Å². The van der Waals surface area contributed by atoms with E-state index in [4.69, 9.17) is 4.74 Å². The van der Waals surface area contributed by atoms with Crippen molar-refractivity contribution in [1.82, 2.24) is 5.32 Å². The second-order valence-electron chi connectivity index (χ2n) is 5.00. The molecule has 1 N–H and O–H groups in total. The number of ether oxygens (including phenoxy) is 1. The molecule has 0 fully saturated rings. The molecule has 0 aromatic heterocycles. The van der Waals surface area contributed by atoms with E-state index in [1.807, 2.05) is 0 Å². The zero-order valence-electron chi connectivity index (χ0n) is 10.7. The second kappa shape index (κ2) is 6.41. The van der Waals surface area contributed by atoms with Crippen molar-refractivity contribution < 1.29 is 4.74 Å². The SMILES string of the molecule is CCCNCC(C)(C)OC(C)C(C)C. The van der Waals surface area contributed by atoms with Gasteiger partial charge in [-0.2, -0.15) is 0 Å². The molecule has 0 radical (unpaired) electrons. The molecule has 2 heteroatoms. The molecule has 14 heavy (non-hydrogen) atoms. The van der Waals surface area contributed by atoms with E-state index in [1.165, 1.54) is 6.42 Å². The zero-order chi connectivity index (χ0) is 11.2. The molecule has 0 aliphatic heterocycles. The van der Waals surface area contributed by atoms with Crippen LogP contribution in [0.25, 0.3) is 0 Å². The van der Waals surface area contributed by atoms with Crippen LogP contribution in [0.3, 0.4) is 0 Å². The van der Waals surface area contributed by atoms with Gasteiger partial charge in [-0.3, -0.25) is 0 Å². The Kier molecular flexibility index (Phi) is 6.38. The van der Waals surface area contributed by atoms with Crippen LogP contribution in [0.1, 0.15) is 48.0 Å². The minimum atomic E-state index is -0.0567. The van der Waals surface area contributed by atoms with Crippen LogP contribution in [-0.2, 0) is 4.74 Å². The van der Waals surface area contributed by atoms with E-state index >= 15 is 0 Å². The average molecular weight is 201 g/mol. The number of rotatable bonds is 7. The molecule has 0 rings (SSSR count). The minimum absolute atomic E-state index is 0.0567. The van der Waals surface area contributed by atoms with Gasteiger partial charge in [0.25, 0.3) is 0 Å². The van der Waals surface area contributed by atoms with Gasteiger partial charge in [-0.15, -0.1) is 0 Å². The predicted octanol–water partition coefficient (Wildman–Crippen LogP) is 2.83. The minimum Gasteiger partial charge on any atom is -0.371 e. The Morgan fingerprint density at radius 2 is 1.79 bits per heavy atom. The standard InChI is InChI=1S/C12H27NO/c1-7-8-13-9-12(5,6)14-11(4)10(2)3/h10-11,13H,7-9H2,1-6H3. The largest absolute Gasteiger partial charge is 0.371 e. The maximum absolute atomic E-state index is 5.98. The third kappa shape index (κ3) is 6.39. The van der Waals surface area contributed by atoms with Gasteiger partial charge in [0, 0.05) is 6.54 Å². The fourth-order valence-electron chi connectivity index (χ4n) is 1.25. The second-order valence-corrected chi connectivity index (χ2v) is 5.00. The Morgan fingerprint density at radius 1 is 1.21 bits per heavy atom.